The Morgan fingerprint density at radius 3 is 3.12 bits per heavy atom. The Morgan fingerprint density at radius 1 is 1.31 bits per heavy atom. The lowest BCUT2D eigenvalue weighted by Gasteiger charge is -2.05. The zero-order valence-corrected chi connectivity index (χ0v) is 9.98. The number of hydrogen-bond acceptors (Lipinski definition) is 3. The molecule has 16 heavy (non-hydrogen) atoms. The molecule has 1 aliphatic rings. The van der Waals surface area contributed by atoms with Crippen molar-refractivity contribution in [2.45, 2.75) is 4.90 Å². The standard InChI is InChI=1S/C12H9ClN2S/c13-12-9(2-1-5-14-12)8-3-4-10-11(6-8)16-7-15-10/h1-6,15H,7H2. The Kier molecular flexibility index (Phi) is 2.50. The van der Waals surface area contributed by atoms with Gasteiger partial charge in [0.15, 0.2) is 0 Å². The Labute approximate surface area is 103 Å². The Balaban J connectivity index is 2.11. The molecule has 2 aromatic rings. The number of thioether (sulfide) groups is 1. The van der Waals surface area contributed by atoms with Crippen LogP contribution < -0.4 is 5.32 Å². The molecule has 0 fully saturated rings. The second kappa shape index (κ2) is 4.00. The van der Waals surface area contributed by atoms with Crippen LogP contribution in [0.25, 0.3) is 11.1 Å². The molecule has 4 heteroatoms. The molecule has 0 bridgehead atoms. The van der Waals surface area contributed by atoms with E-state index in [9.17, 15) is 0 Å². The number of rotatable bonds is 1. The van der Waals surface area contributed by atoms with Gasteiger partial charge in [0.25, 0.3) is 0 Å². The van der Waals surface area contributed by atoms with Crippen molar-refractivity contribution in [3.05, 3.63) is 41.7 Å². The van der Waals surface area contributed by atoms with Crippen LogP contribution in [0.4, 0.5) is 5.69 Å². The van der Waals surface area contributed by atoms with Gasteiger partial charge in [-0.2, -0.15) is 0 Å². The van der Waals surface area contributed by atoms with Gasteiger partial charge in [0.1, 0.15) is 5.15 Å². The number of anilines is 1. The molecule has 0 aliphatic carbocycles. The highest BCUT2D eigenvalue weighted by atomic mass is 35.5. The minimum absolute atomic E-state index is 0.554. The van der Waals surface area contributed by atoms with Gasteiger partial charge in [-0.1, -0.05) is 17.7 Å². The molecule has 0 radical (unpaired) electrons. The van der Waals surface area contributed by atoms with Gasteiger partial charge in [-0.15, -0.1) is 11.8 Å². The normalized spacial score (nSPS) is 13.3. The van der Waals surface area contributed by atoms with Crippen LogP contribution in [0.2, 0.25) is 5.15 Å². The van der Waals surface area contributed by atoms with Crippen LogP contribution in [0.3, 0.4) is 0 Å². The van der Waals surface area contributed by atoms with Gasteiger partial charge in [0.2, 0.25) is 0 Å². The molecule has 2 heterocycles. The topological polar surface area (TPSA) is 24.9 Å². The first kappa shape index (κ1) is 10.00. The summed E-state index contributed by atoms with van der Waals surface area (Å²) in [5.74, 6) is 0.944. The van der Waals surface area contributed by atoms with E-state index in [0.29, 0.717) is 5.15 Å². The zero-order valence-electron chi connectivity index (χ0n) is 8.40. The third kappa shape index (κ3) is 1.66. The van der Waals surface area contributed by atoms with Crippen molar-refractivity contribution in [1.82, 2.24) is 4.98 Å². The summed E-state index contributed by atoms with van der Waals surface area (Å²) < 4.78 is 0. The predicted octanol–water partition coefficient (Wildman–Crippen LogP) is 3.88. The van der Waals surface area contributed by atoms with E-state index in [1.165, 1.54) is 10.6 Å². The van der Waals surface area contributed by atoms with Gasteiger partial charge in [0, 0.05) is 22.3 Å². The highest BCUT2D eigenvalue weighted by Crippen LogP contribution is 2.37. The molecule has 1 aromatic heterocycles. The van der Waals surface area contributed by atoms with Crippen molar-refractivity contribution in [2.24, 2.45) is 0 Å². The van der Waals surface area contributed by atoms with E-state index in [1.807, 2.05) is 23.9 Å². The molecule has 0 unspecified atom stereocenters. The molecule has 1 N–H and O–H groups in total. The predicted molar refractivity (Wildman–Crippen MR) is 69.0 cm³/mol. The number of pyridine rings is 1. The summed E-state index contributed by atoms with van der Waals surface area (Å²) in [4.78, 5) is 5.37. The fourth-order valence-corrected chi connectivity index (χ4v) is 2.87. The summed E-state index contributed by atoms with van der Waals surface area (Å²) in [5.41, 5.74) is 3.31. The molecule has 2 nitrogen and oxygen atoms in total. The van der Waals surface area contributed by atoms with E-state index < -0.39 is 0 Å². The Bertz CT molecular complexity index is 542. The van der Waals surface area contributed by atoms with E-state index in [1.54, 1.807) is 6.20 Å². The van der Waals surface area contributed by atoms with Crippen LogP contribution in [-0.4, -0.2) is 10.9 Å². The Hall–Kier alpha value is -1.19. The van der Waals surface area contributed by atoms with E-state index >= 15 is 0 Å². The average Bonchev–Trinajstić information content (AvgIpc) is 2.76. The Morgan fingerprint density at radius 2 is 2.25 bits per heavy atom. The van der Waals surface area contributed by atoms with Crippen LogP contribution in [0, 0.1) is 0 Å². The first-order valence-corrected chi connectivity index (χ1v) is 6.32. The van der Waals surface area contributed by atoms with Crippen LogP contribution in [0.15, 0.2) is 41.4 Å². The number of fused-ring (bicyclic) bond motifs is 1. The lowest BCUT2D eigenvalue weighted by molar-refractivity contribution is 1.32. The number of benzene rings is 1. The van der Waals surface area contributed by atoms with Gasteiger partial charge in [-0.05, 0) is 29.8 Å². The molecule has 1 aromatic carbocycles. The van der Waals surface area contributed by atoms with E-state index in [4.69, 9.17) is 11.6 Å². The maximum atomic E-state index is 6.08. The highest BCUT2D eigenvalue weighted by molar-refractivity contribution is 7.99. The minimum Gasteiger partial charge on any atom is -0.375 e. The zero-order chi connectivity index (χ0) is 11.0. The SMILES string of the molecule is Clc1ncccc1-c1ccc2c(c1)SCN2. The minimum atomic E-state index is 0.554. The third-order valence-corrected chi connectivity index (χ3v) is 3.78. The average molecular weight is 249 g/mol. The third-order valence-electron chi connectivity index (χ3n) is 2.54. The molecular weight excluding hydrogens is 240 g/mol. The molecule has 1 aliphatic heterocycles. The molecule has 0 saturated heterocycles. The summed E-state index contributed by atoms with van der Waals surface area (Å²) in [7, 11) is 0. The number of halogens is 1. The number of nitrogens with zero attached hydrogens (tertiary/aromatic N) is 1. The quantitative estimate of drug-likeness (QED) is 0.776. The lowest BCUT2D eigenvalue weighted by atomic mass is 10.1. The second-order valence-electron chi connectivity index (χ2n) is 3.52. The van der Waals surface area contributed by atoms with Gasteiger partial charge >= 0.3 is 0 Å². The van der Waals surface area contributed by atoms with Crippen molar-refractivity contribution >= 4 is 29.1 Å². The van der Waals surface area contributed by atoms with Crippen molar-refractivity contribution in [3.63, 3.8) is 0 Å². The summed E-state index contributed by atoms with van der Waals surface area (Å²) in [5, 5.41) is 3.86. The molecule has 0 spiro atoms. The smallest absolute Gasteiger partial charge is 0.136 e. The first-order valence-electron chi connectivity index (χ1n) is 4.96. The van der Waals surface area contributed by atoms with Gasteiger partial charge < -0.3 is 5.32 Å². The summed E-state index contributed by atoms with van der Waals surface area (Å²) in [6.45, 7) is 0. The van der Waals surface area contributed by atoms with E-state index in [0.717, 1.165) is 17.0 Å². The van der Waals surface area contributed by atoms with E-state index in [2.05, 4.69) is 28.5 Å². The highest BCUT2D eigenvalue weighted by Gasteiger charge is 2.12. The van der Waals surface area contributed by atoms with Crippen molar-refractivity contribution in [1.29, 1.82) is 0 Å². The monoisotopic (exact) mass is 248 g/mol. The first-order chi connectivity index (χ1) is 7.84. The fourth-order valence-electron chi connectivity index (χ4n) is 1.75. The molecule has 3 rings (SSSR count). The molecule has 0 atom stereocenters. The summed E-state index contributed by atoms with van der Waals surface area (Å²) >= 11 is 7.88. The molecule has 0 amide bonds. The van der Waals surface area contributed by atoms with Gasteiger partial charge in [-0.25, -0.2) is 4.98 Å². The van der Waals surface area contributed by atoms with Crippen molar-refractivity contribution in [2.75, 3.05) is 11.2 Å². The lowest BCUT2D eigenvalue weighted by Crippen LogP contribution is -1.88. The van der Waals surface area contributed by atoms with Gasteiger partial charge in [-0.3, -0.25) is 0 Å². The number of nitrogens with one attached hydrogen (secondary N) is 1. The largest absolute Gasteiger partial charge is 0.375 e. The van der Waals surface area contributed by atoms with E-state index in [-0.39, 0.29) is 0 Å². The van der Waals surface area contributed by atoms with Gasteiger partial charge in [0.05, 0.1) is 5.88 Å². The van der Waals surface area contributed by atoms with Crippen LogP contribution >= 0.6 is 23.4 Å². The molecule has 0 saturated carbocycles. The van der Waals surface area contributed by atoms with Crippen LogP contribution in [-0.2, 0) is 0 Å². The van der Waals surface area contributed by atoms with Crippen molar-refractivity contribution < 1.29 is 0 Å². The summed E-state index contributed by atoms with van der Waals surface area (Å²) in [6.07, 6.45) is 1.70. The molecular formula is C12H9ClN2S. The number of hydrogen-bond donors (Lipinski definition) is 1. The van der Waals surface area contributed by atoms with Crippen molar-refractivity contribution in [3.8, 4) is 11.1 Å². The van der Waals surface area contributed by atoms with Crippen LogP contribution in [0.1, 0.15) is 0 Å². The second-order valence-corrected chi connectivity index (χ2v) is 4.89. The maximum absolute atomic E-state index is 6.08. The molecule has 80 valence electrons. The fraction of sp³-hybridized carbons (Fsp3) is 0.0833. The summed E-state index contributed by atoms with van der Waals surface area (Å²) in [6, 6.07) is 10.2. The number of aromatic nitrogens is 1. The maximum Gasteiger partial charge on any atom is 0.136 e. The van der Waals surface area contributed by atoms with Crippen LogP contribution in [0.5, 0.6) is 0 Å².